The van der Waals surface area contributed by atoms with Crippen molar-refractivity contribution in [3.05, 3.63) is 54.2 Å². The average molecular weight is 338 g/mol. The number of benzene rings is 1. The zero-order valence-corrected chi connectivity index (χ0v) is 13.7. The van der Waals surface area contributed by atoms with Crippen LogP contribution < -0.4 is 10.9 Å². The lowest BCUT2D eigenvalue weighted by atomic mass is 10.2. The van der Waals surface area contributed by atoms with Crippen molar-refractivity contribution in [1.29, 1.82) is 0 Å². The van der Waals surface area contributed by atoms with Gasteiger partial charge in [-0.25, -0.2) is 4.98 Å². The van der Waals surface area contributed by atoms with Gasteiger partial charge in [-0.2, -0.15) is 0 Å². The summed E-state index contributed by atoms with van der Waals surface area (Å²) < 4.78 is 7.19. The van der Waals surface area contributed by atoms with Crippen LogP contribution in [0, 0.1) is 5.92 Å². The molecule has 2 aromatic heterocycles. The smallest absolute Gasteiger partial charge is 0.245 e. The minimum atomic E-state index is -0.304. The van der Waals surface area contributed by atoms with Gasteiger partial charge >= 0.3 is 0 Å². The third-order valence-electron chi connectivity index (χ3n) is 4.56. The summed E-state index contributed by atoms with van der Waals surface area (Å²) in [5.74, 6) is 0.912. The molecule has 0 spiro atoms. The van der Waals surface area contributed by atoms with Crippen LogP contribution in [-0.4, -0.2) is 21.4 Å². The van der Waals surface area contributed by atoms with Crippen LogP contribution in [-0.2, 0) is 23.1 Å². The molecule has 0 saturated heterocycles. The molecule has 25 heavy (non-hydrogen) atoms. The first kappa shape index (κ1) is 15.4. The van der Waals surface area contributed by atoms with Gasteiger partial charge in [0.15, 0.2) is 0 Å². The molecule has 0 unspecified atom stereocenters. The molecule has 1 saturated carbocycles. The van der Waals surface area contributed by atoms with Crippen molar-refractivity contribution in [2.45, 2.75) is 18.8 Å². The van der Waals surface area contributed by atoms with E-state index in [4.69, 9.17) is 4.42 Å². The van der Waals surface area contributed by atoms with Gasteiger partial charge in [-0.1, -0.05) is 12.1 Å². The van der Waals surface area contributed by atoms with Crippen molar-refractivity contribution >= 4 is 22.8 Å². The number of furan rings is 1. The van der Waals surface area contributed by atoms with Crippen molar-refractivity contribution < 1.29 is 14.0 Å². The van der Waals surface area contributed by atoms with Crippen molar-refractivity contribution in [1.82, 2.24) is 20.4 Å². The highest BCUT2D eigenvalue weighted by atomic mass is 16.3. The van der Waals surface area contributed by atoms with Crippen LogP contribution in [0.25, 0.3) is 11.0 Å². The molecule has 2 N–H and O–H groups in total. The minimum absolute atomic E-state index is 0.0950. The molecule has 2 amide bonds. The molecule has 0 radical (unpaired) electrons. The zero-order valence-electron chi connectivity index (χ0n) is 13.7. The second-order valence-electron chi connectivity index (χ2n) is 6.25. The number of hydrogen-bond donors (Lipinski definition) is 2. The van der Waals surface area contributed by atoms with Crippen LogP contribution in [0.5, 0.6) is 0 Å². The Morgan fingerprint density at radius 2 is 2.08 bits per heavy atom. The van der Waals surface area contributed by atoms with Gasteiger partial charge in [0.1, 0.15) is 11.6 Å². The number of nitrogens with one attached hydrogen (secondary N) is 2. The number of hydrogen-bond acceptors (Lipinski definition) is 4. The lowest BCUT2D eigenvalue weighted by molar-refractivity contribution is -0.129. The number of carbonyl (C=O) groups is 2. The molecule has 7 nitrogen and oxygen atoms in total. The third-order valence-corrected chi connectivity index (χ3v) is 4.56. The van der Waals surface area contributed by atoms with Gasteiger partial charge in [-0.15, -0.1) is 0 Å². The van der Waals surface area contributed by atoms with E-state index in [1.165, 1.54) is 0 Å². The first-order chi connectivity index (χ1) is 12.1. The maximum atomic E-state index is 12.1. The number of rotatable bonds is 4. The van der Waals surface area contributed by atoms with Gasteiger partial charge in [0.25, 0.3) is 0 Å². The fourth-order valence-corrected chi connectivity index (χ4v) is 3.07. The Morgan fingerprint density at radius 3 is 2.84 bits per heavy atom. The van der Waals surface area contributed by atoms with Crippen LogP contribution in [0.4, 0.5) is 0 Å². The summed E-state index contributed by atoms with van der Waals surface area (Å²) in [5.41, 5.74) is 6.77. The molecule has 0 aliphatic heterocycles. The van der Waals surface area contributed by atoms with E-state index in [1.54, 1.807) is 12.3 Å². The SMILES string of the molecule is Cn1c(CC(=O)NNC(=O)[C@H]2C[C@H]2c2ccco2)nc2ccccc21. The molecule has 3 aromatic rings. The molecule has 1 aromatic carbocycles. The van der Waals surface area contributed by atoms with Gasteiger partial charge in [0.05, 0.1) is 29.6 Å². The fraction of sp³-hybridized carbons (Fsp3) is 0.278. The summed E-state index contributed by atoms with van der Waals surface area (Å²) in [4.78, 5) is 28.6. The highest BCUT2D eigenvalue weighted by molar-refractivity contribution is 5.86. The summed E-state index contributed by atoms with van der Waals surface area (Å²) in [7, 11) is 1.87. The normalized spacial score (nSPS) is 18.9. The number of carbonyl (C=O) groups excluding carboxylic acids is 2. The zero-order chi connectivity index (χ0) is 17.4. The topological polar surface area (TPSA) is 89.2 Å². The van der Waals surface area contributed by atoms with E-state index >= 15 is 0 Å². The Labute approximate surface area is 144 Å². The number of imidazole rings is 1. The van der Waals surface area contributed by atoms with Crippen LogP contribution >= 0.6 is 0 Å². The van der Waals surface area contributed by atoms with E-state index in [0.717, 1.165) is 23.2 Å². The quantitative estimate of drug-likeness (QED) is 0.708. The van der Waals surface area contributed by atoms with Crippen LogP contribution in [0.2, 0.25) is 0 Å². The maximum Gasteiger partial charge on any atom is 0.245 e. The molecule has 1 aliphatic rings. The molecule has 7 heteroatoms. The van der Waals surface area contributed by atoms with Gasteiger partial charge in [0, 0.05) is 13.0 Å². The Balaban J connectivity index is 1.32. The summed E-state index contributed by atoms with van der Waals surface area (Å²) in [5, 5.41) is 0. The molecule has 2 atom stereocenters. The summed E-state index contributed by atoms with van der Waals surface area (Å²) in [6, 6.07) is 11.4. The molecule has 2 heterocycles. The van der Waals surface area contributed by atoms with Crippen LogP contribution in [0.15, 0.2) is 47.1 Å². The lowest BCUT2D eigenvalue weighted by Gasteiger charge is -2.07. The number of amides is 2. The first-order valence-electron chi connectivity index (χ1n) is 8.16. The number of fused-ring (bicyclic) bond motifs is 1. The highest BCUT2D eigenvalue weighted by Gasteiger charge is 2.46. The average Bonchev–Trinajstić information content (AvgIpc) is 3.10. The Bertz CT molecular complexity index is 929. The molecule has 4 rings (SSSR count). The monoisotopic (exact) mass is 338 g/mol. The van der Waals surface area contributed by atoms with Crippen molar-refractivity contribution in [2.75, 3.05) is 0 Å². The molecule has 128 valence electrons. The van der Waals surface area contributed by atoms with Crippen molar-refractivity contribution in [3.63, 3.8) is 0 Å². The van der Waals surface area contributed by atoms with Gasteiger partial charge in [-0.3, -0.25) is 20.4 Å². The second-order valence-corrected chi connectivity index (χ2v) is 6.25. The molecule has 1 aliphatic carbocycles. The van der Waals surface area contributed by atoms with E-state index in [1.807, 2.05) is 41.9 Å². The van der Waals surface area contributed by atoms with E-state index in [2.05, 4.69) is 15.8 Å². The molecule has 0 bridgehead atoms. The lowest BCUT2D eigenvalue weighted by Crippen LogP contribution is -2.43. The summed E-state index contributed by atoms with van der Waals surface area (Å²) in [6.45, 7) is 0. The maximum absolute atomic E-state index is 12.1. The van der Waals surface area contributed by atoms with Gasteiger partial charge < -0.3 is 8.98 Å². The molecule has 1 fully saturated rings. The van der Waals surface area contributed by atoms with Gasteiger partial charge in [-0.05, 0) is 30.7 Å². The minimum Gasteiger partial charge on any atom is -0.469 e. The Hall–Kier alpha value is -3.09. The van der Waals surface area contributed by atoms with Crippen LogP contribution in [0.3, 0.4) is 0 Å². The second kappa shape index (κ2) is 6.08. The summed E-state index contributed by atoms with van der Waals surface area (Å²) >= 11 is 0. The van der Waals surface area contributed by atoms with E-state index in [-0.39, 0.29) is 30.1 Å². The standard InChI is InChI=1S/C18H18N4O3/c1-22-14-6-3-2-5-13(14)19-16(22)10-17(23)20-21-18(24)12-9-11(12)15-7-4-8-25-15/h2-8,11-12H,9-10H2,1H3,(H,20,23)(H,21,24)/t11-,12+/m1/s1. The van der Waals surface area contributed by atoms with E-state index in [0.29, 0.717) is 5.82 Å². The van der Waals surface area contributed by atoms with Gasteiger partial charge in [0.2, 0.25) is 11.8 Å². The van der Waals surface area contributed by atoms with Crippen LogP contribution in [0.1, 0.15) is 23.9 Å². The number of hydrazine groups is 1. The van der Waals surface area contributed by atoms with Crippen molar-refractivity contribution in [2.24, 2.45) is 13.0 Å². The predicted octanol–water partition coefficient (Wildman–Crippen LogP) is 1.66. The Morgan fingerprint density at radius 1 is 1.24 bits per heavy atom. The number of aromatic nitrogens is 2. The Kier molecular flexibility index (Phi) is 3.76. The fourth-order valence-electron chi connectivity index (χ4n) is 3.07. The molecular weight excluding hydrogens is 320 g/mol. The van der Waals surface area contributed by atoms with E-state index < -0.39 is 0 Å². The predicted molar refractivity (Wildman–Crippen MR) is 90.3 cm³/mol. The number of para-hydroxylation sites is 2. The van der Waals surface area contributed by atoms with E-state index in [9.17, 15) is 9.59 Å². The third kappa shape index (κ3) is 3.00. The molecular formula is C18H18N4O3. The highest BCUT2D eigenvalue weighted by Crippen LogP contribution is 2.47. The summed E-state index contributed by atoms with van der Waals surface area (Å²) in [6.07, 6.45) is 2.43. The number of nitrogens with zero attached hydrogens (tertiary/aromatic N) is 2. The first-order valence-corrected chi connectivity index (χ1v) is 8.16. The largest absolute Gasteiger partial charge is 0.469 e. The number of aryl methyl sites for hydroxylation is 1. The van der Waals surface area contributed by atoms with Crippen molar-refractivity contribution in [3.8, 4) is 0 Å².